The maximum atomic E-state index is 9.83. The Kier molecular flexibility index (Phi) is 4.92. The van der Waals surface area contributed by atoms with Crippen molar-refractivity contribution in [1.29, 1.82) is 10.5 Å². The average Bonchev–Trinajstić information content (AvgIpc) is 3.88. The second-order valence-corrected chi connectivity index (χ2v) is 12.8. The lowest BCUT2D eigenvalue weighted by Crippen LogP contribution is -1.98. The minimum Gasteiger partial charge on any atom is -0.308 e. The van der Waals surface area contributed by atoms with Crippen LogP contribution in [0.3, 0.4) is 0 Å². The molecule has 0 bridgehead atoms. The summed E-state index contributed by atoms with van der Waals surface area (Å²) in [5, 5.41) is 28.9. The van der Waals surface area contributed by atoms with Gasteiger partial charge >= 0.3 is 0 Å². The molecule has 7 aromatic carbocycles. The molecule has 0 aliphatic heterocycles. The highest BCUT2D eigenvalue weighted by Crippen LogP contribution is 2.45. The fourth-order valence-corrected chi connectivity index (χ4v) is 8.41. The third kappa shape index (κ3) is 3.26. The number of benzene rings is 7. The SMILES string of the molecule is N#Cc1ccc2c3cc(-n4c5ccccc5c5ccc6c7ccccc7n(-c7ccccc7)c6c54)cc4c5ccc(C#N)cc5n(c2c1)c34. The van der Waals surface area contributed by atoms with Crippen molar-refractivity contribution in [2.24, 2.45) is 0 Å². The van der Waals surface area contributed by atoms with Crippen LogP contribution in [0.2, 0.25) is 0 Å². The molecule has 0 N–H and O–H groups in total. The third-order valence-electron chi connectivity index (χ3n) is 10.4. The number of para-hydroxylation sites is 3. The molecule has 5 nitrogen and oxygen atoms in total. The van der Waals surface area contributed by atoms with E-state index in [0.717, 1.165) is 66.0 Å². The van der Waals surface area contributed by atoms with Crippen LogP contribution in [0.1, 0.15) is 11.1 Å². The first-order chi connectivity index (χ1) is 24.2. The zero-order valence-electron chi connectivity index (χ0n) is 26.0. The lowest BCUT2D eigenvalue weighted by atomic mass is 10.0. The monoisotopic (exact) mass is 621 g/mol. The summed E-state index contributed by atoms with van der Waals surface area (Å²) >= 11 is 0. The lowest BCUT2D eigenvalue weighted by molar-refractivity contribution is 1.15. The van der Waals surface area contributed by atoms with Gasteiger partial charge in [-0.25, -0.2) is 0 Å². The predicted octanol–water partition coefficient (Wildman–Crippen LogP) is 10.8. The number of aromatic nitrogens is 3. The van der Waals surface area contributed by atoms with Crippen LogP contribution in [0, 0.1) is 22.7 Å². The standard InChI is InChI=1S/C44H23N5/c45-24-26-14-16-32-36-22-29(23-37-33-17-15-27(25-46)21-41(33)49(42(36)37)40(32)20-26)48-39-13-7-5-11-31(39)35-19-18-34-30-10-4-6-12-38(30)47(43(34)44(35)48)28-8-2-1-3-9-28/h1-23H. The molecule has 0 aliphatic rings. The van der Waals surface area contributed by atoms with Crippen molar-refractivity contribution in [2.75, 3.05) is 0 Å². The Morgan fingerprint density at radius 3 is 1.33 bits per heavy atom. The van der Waals surface area contributed by atoms with Gasteiger partial charge in [0.15, 0.2) is 0 Å². The van der Waals surface area contributed by atoms with Crippen molar-refractivity contribution in [3.05, 3.63) is 151 Å². The van der Waals surface area contributed by atoms with E-state index < -0.39 is 0 Å². The first-order valence-electron chi connectivity index (χ1n) is 16.3. The van der Waals surface area contributed by atoms with E-state index in [2.05, 4.69) is 141 Å². The largest absolute Gasteiger partial charge is 0.308 e. The highest BCUT2D eigenvalue weighted by molar-refractivity contribution is 6.26. The van der Waals surface area contributed by atoms with Gasteiger partial charge in [0.1, 0.15) is 0 Å². The Labute approximate surface area is 279 Å². The van der Waals surface area contributed by atoms with Gasteiger partial charge < -0.3 is 13.5 Å². The second kappa shape index (κ2) is 9.26. The molecule has 4 heterocycles. The molecule has 0 amide bonds. The van der Waals surface area contributed by atoms with Crippen LogP contribution in [0.25, 0.3) is 93.1 Å². The Morgan fingerprint density at radius 1 is 0.347 bits per heavy atom. The Balaban J connectivity index is 1.38. The first kappa shape index (κ1) is 26.0. The molecule has 0 aliphatic carbocycles. The second-order valence-electron chi connectivity index (χ2n) is 12.8. The van der Waals surface area contributed by atoms with E-state index in [1.807, 2.05) is 24.3 Å². The van der Waals surface area contributed by atoms with Crippen molar-refractivity contribution in [3.63, 3.8) is 0 Å². The van der Waals surface area contributed by atoms with Crippen LogP contribution < -0.4 is 0 Å². The van der Waals surface area contributed by atoms with Crippen molar-refractivity contribution in [1.82, 2.24) is 13.5 Å². The molecule has 0 unspecified atom stereocenters. The topological polar surface area (TPSA) is 61.8 Å². The fraction of sp³-hybridized carbons (Fsp3) is 0. The van der Waals surface area contributed by atoms with E-state index in [-0.39, 0.29) is 0 Å². The van der Waals surface area contributed by atoms with Crippen LogP contribution in [-0.4, -0.2) is 13.5 Å². The van der Waals surface area contributed by atoms with Crippen molar-refractivity contribution in [2.45, 2.75) is 0 Å². The highest BCUT2D eigenvalue weighted by atomic mass is 15.0. The number of fused-ring (bicyclic) bond motifs is 13. The van der Waals surface area contributed by atoms with E-state index >= 15 is 0 Å². The van der Waals surface area contributed by atoms with Crippen molar-refractivity contribution < 1.29 is 0 Å². The zero-order valence-corrected chi connectivity index (χ0v) is 26.0. The summed E-state index contributed by atoms with van der Waals surface area (Å²) in [6.07, 6.45) is 0. The molecule has 224 valence electrons. The Bertz CT molecular complexity index is 3190. The number of rotatable bonds is 2. The maximum Gasteiger partial charge on any atom is 0.0992 e. The minimum absolute atomic E-state index is 0.608. The molecule has 0 radical (unpaired) electrons. The van der Waals surface area contributed by atoms with Gasteiger partial charge in [-0.2, -0.15) is 10.5 Å². The third-order valence-corrected chi connectivity index (χ3v) is 10.4. The molecular weight excluding hydrogens is 599 g/mol. The minimum atomic E-state index is 0.608. The molecule has 0 atom stereocenters. The van der Waals surface area contributed by atoms with E-state index in [1.54, 1.807) is 0 Å². The molecular formula is C44H23N5. The molecule has 5 heteroatoms. The van der Waals surface area contributed by atoms with Crippen LogP contribution in [0.4, 0.5) is 0 Å². The van der Waals surface area contributed by atoms with Gasteiger partial charge in [-0.05, 0) is 60.7 Å². The molecule has 49 heavy (non-hydrogen) atoms. The fourth-order valence-electron chi connectivity index (χ4n) is 8.41. The van der Waals surface area contributed by atoms with Gasteiger partial charge in [0.25, 0.3) is 0 Å². The summed E-state index contributed by atoms with van der Waals surface area (Å²) in [6.45, 7) is 0. The number of nitriles is 2. The predicted molar refractivity (Wildman–Crippen MR) is 199 cm³/mol. The van der Waals surface area contributed by atoms with E-state index in [1.165, 1.54) is 27.1 Å². The van der Waals surface area contributed by atoms with Crippen LogP contribution >= 0.6 is 0 Å². The van der Waals surface area contributed by atoms with E-state index in [9.17, 15) is 10.5 Å². The molecule has 11 aromatic rings. The summed E-state index contributed by atoms with van der Waals surface area (Å²) in [4.78, 5) is 0. The van der Waals surface area contributed by atoms with Crippen LogP contribution in [0.15, 0.2) is 140 Å². The number of nitrogens with zero attached hydrogens (tertiary/aromatic N) is 5. The number of hydrogen-bond acceptors (Lipinski definition) is 2. The highest BCUT2D eigenvalue weighted by Gasteiger charge is 2.24. The molecule has 11 rings (SSSR count). The Morgan fingerprint density at radius 2 is 0.796 bits per heavy atom. The molecule has 0 fully saturated rings. The summed E-state index contributed by atoms with van der Waals surface area (Å²) in [7, 11) is 0. The van der Waals surface area contributed by atoms with Gasteiger partial charge in [0.2, 0.25) is 0 Å². The smallest absolute Gasteiger partial charge is 0.0992 e. The van der Waals surface area contributed by atoms with Gasteiger partial charge in [-0.3, -0.25) is 0 Å². The summed E-state index contributed by atoms with van der Waals surface area (Å²) in [5.74, 6) is 0. The zero-order chi connectivity index (χ0) is 32.4. The average molecular weight is 622 g/mol. The van der Waals surface area contributed by atoms with Crippen molar-refractivity contribution in [3.8, 4) is 23.5 Å². The van der Waals surface area contributed by atoms with E-state index in [4.69, 9.17) is 0 Å². The van der Waals surface area contributed by atoms with Crippen molar-refractivity contribution >= 4 is 81.7 Å². The molecule has 4 aromatic heterocycles. The van der Waals surface area contributed by atoms with Crippen LogP contribution in [0.5, 0.6) is 0 Å². The Hall–Kier alpha value is -7.08. The van der Waals surface area contributed by atoms with Gasteiger partial charge in [0.05, 0.1) is 61.9 Å². The lowest BCUT2D eigenvalue weighted by Gasteiger charge is -2.13. The molecule has 0 saturated heterocycles. The van der Waals surface area contributed by atoms with E-state index in [0.29, 0.717) is 11.1 Å². The summed E-state index contributed by atoms with van der Waals surface area (Å²) in [6, 6.07) is 53.7. The van der Waals surface area contributed by atoms with Gasteiger partial charge in [-0.1, -0.05) is 78.9 Å². The maximum absolute atomic E-state index is 9.83. The van der Waals surface area contributed by atoms with Gasteiger partial charge in [-0.15, -0.1) is 0 Å². The summed E-state index contributed by atoms with van der Waals surface area (Å²) in [5.41, 5.74) is 11.0. The number of hydrogen-bond donors (Lipinski definition) is 0. The normalized spacial score (nSPS) is 12.0. The molecule has 0 spiro atoms. The summed E-state index contributed by atoms with van der Waals surface area (Å²) < 4.78 is 7.09. The van der Waals surface area contributed by atoms with Crippen LogP contribution in [-0.2, 0) is 0 Å². The van der Waals surface area contributed by atoms with Gasteiger partial charge in [0, 0.05) is 54.5 Å². The molecule has 0 saturated carbocycles. The quantitative estimate of drug-likeness (QED) is 0.193. The first-order valence-corrected chi connectivity index (χ1v) is 16.3.